The van der Waals surface area contributed by atoms with E-state index in [1.807, 2.05) is 45.0 Å². The van der Waals surface area contributed by atoms with Crippen LogP contribution in [0.25, 0.3) is 0 Å². The summed E-state index contributed by atoms with van der Waals surface area (Å²) in [6.07, 6.45) is 0. The predicted molar refractivity (Wildman–Crippen MR) is 83.6 cm³/mol. The van der Waals surface area contributed by atoms with E-state index in [1.54, 1.807) is 20.3 Å². The van der Waals surface area contributed by atoms with Gasteiger partial charge in [-0.25, -0.2) is 0 Å². The van der Waals surface area contributed by atoms with Crippen molar-refractivity contribution >= 4 is 5.78 Å². The highest BCUT2D eigenvalue weighted by Crippen LogP contribution is 2.29. The number of methoxy groups -OCH3 is 2. The molecule has 2 aromatic carbocycles. The van der Waals surface area contributed by atoms with E-state index in [1.165, 1.54) is 0 Å². The SMILES string of the molecule is COc1cc(C(=O)c2ccc(C)c(C)c2OC)ccc1C. The molecule has 2 aromatic rings. The maximum atomic E-state index is 12.7. The third-order valence-corrected chi connectivity index (χ3v) is 3.80. The fourth-order valence-electron chi connectivity index (χ4n) is 2.35. The fraction of sp³-hybridized carbons (Fsp3) is 0.278. The third kappa shape index (κ3) is 2.77. The second-order valence-electron chi connectivity index (χ2n) is 5.10. The number of ketones is 1. The van der Waals surface area contributed by atoms with Gasteiger partial charge in [0, 0.05) is 5.56 Å². The molecule has 2 rings (SSSR count). The lowest BCUT2D eigenvalue weighted by Crippen LogP contribution is -2.06. The van der Waals surface area contributed by atoms with Crippen LogP contribution in [0, 0.1) is 20.8 Å². The first kappa shape index (κ1) is 15.1. The number of carbonyl (C=O) groups is 1. The molecule has 0 fully saturated rings. The van der Waals surface area contributed by atoms with Gasteiger partial charge in [-0.2, -0.15) is 0 Å². The molecule has 0 aromatic heterocycles. The molecule has 0 N–H and O–H groups in total. The van der Waals surface area contributed by atoms with Crippen LogP contribution in [0.3, 0.4) is 0 Å². The van der Waals surface area contributed by atoms with Gasteiger partial charge in [-0.3, -0.25) is 4.79 Å². The van der Waals surface area contributed by atoms with Crippen molar-refractivity contribution in [2.24, 2.45) is 0 Å². The molecule has 0 aliphatic rings. The molecule has 0 spiro atoms. The molecular formula is C18H20O3. The number of carbonyl (C=O) groups excluding carboxylic acids is 1. The van der Waals surface area contributed by atoms with Crippen molar-refractivity contribution < 1.29 is 14.3 Å². The standard InChI is InChI=1S/C18H20O3/c1-11-7-9-15(18(21-5)13(11)3)17(19)14-8-6-12(2)16(10-14)20-4/h6-10H,1-5H3. The summed E-state index contributed by atoms with van der Waals surface area (Å²) in [7, 11) is 3.20. The van der Waals surface area contributed by atoms with Gasteiger partial charge in [0.25, 0.3) is 0 Å². The topological polar surface area (TPSA) is 35.5 Å². The Balaban J connectivity index is 2.52. The molecule has 0 atom stereocenters. The lowest BCUT2D eigenvalue weighted by molar-refractivity contribution is 0.103. The molecule has 0 amide bonds. The summed E-state index contributed by atoms with van der Waals surface area (Å²) in [6.45, 7) is 5.91. The van der Waals surface area contributed by atoms with Gasteiger partial charge in [0.15, 0.2) is 5.78 Å². The van der Waals surface area contributed by atoms with Gasteiger partial charge in [0.1, 0.15) is 11.5 Å². The number of ether oxygens (including phenoxy) is 2. The van der Waals surface area contributed by atoms with E-state index < -0.39 is 0 Å². The summed E-state index contributed by atoms with van der Waals surface area (Å²) in [5.41, 5.74) is 4.26. The van der Waals surface area contributed by atoms with E-state index in [9.17, 15) is 4.79 Å². The largest absolute Gasteiger partial charge is 0.496 e. The van der Waals surface area contributed by atoms with Gasteiger partial charge < -0.3 is 9.47 Å². The molecule has 0 radical (unpaired) electrons. The number of hydrogen-bond donors (Lipinski definition) is 0. The highest BCUT2D eigenvalue weighted by molar-refractivity contribution is 6.11. The first-order valence-electron chi connectivity index (χ1n) is 6.83. The summed E-state index contributed by atoms with van der Waals surface area (Å²) >= 11 is 0. The average molecular weight is 284 g/mol. The van der Waals surface area contributed by atoms with Gasteiger partial charge in [-0.05, 0) is 49.6 Å². The highest BCUT2D eigenvalue weighted by Gasteiger charge is 2.18. The normalized spacial score (nSPS) is 10.3. The lowest BCUT2D eigenvalue weighted by Gasteiger charge is -2.13. The zero-order valence-electron chi connectivity index (χ0n) is 13.1. The highest BCUT2D eigenvalue weighted by atomic mass is 16.5. The molecular weight excluding hydrogens is 264 g/mol. The number of hydrogen-bond acceptors (Lipinski definition) is 3. The Bertz CT molecular complexity index is 687. The minimum Gasteiger partial charge on any atom is -0.496 e. The van der Waals surface area contributed by atoms with Gasteiger partial charge >= 0.3 is 0 Å². The third-order valence-electron chi connectivity index (χ3n) is 3.80. The lowest BCUT2D eigenvalue weighted by atomic mass is 9.97. The summed E-state index contributed by atoms with van der Waals surface area (Å²) in [6, 6.07) is 9.23. The van der Waals surface area contributed by atoms with Crippen LogP contribution in [-0.4, -0.2) is 20.0 Å². The summed E-state index contributed by atoms with van der Waals surface area (Å²) < 4.78 is 10.7. The maximum absolute atomic E-state index is 12.7. The van der Waals surface area contributed by atoms with E-state index in [-0.39, 0.29) is 5.78 Å². The van der Waals surface area contributed by atoms with Gasteiger partial charge in [0.05, 0.1) is 19.8 Å². The molecule has 0 heterocycles. The van der Waals surface area contributed by atoms with E-state index >= 15 is 0 Å². The van der Waals surface area contributed by atoms with Crippen molar-refractivity contribution in [3.63, 3.8) is 0 Å². The first-order chi connectivity index (χ1) is 9.99. The summed E-state index contributed by atoms with van der Waals surface area (Å²) in [5, 5.41) is 0. The molecule has 3 heteroatoms. The van der Waals surface area contributed by atoms with E-state index in [4.69, 9.17) is 9.47 Å². The fourth-order valence-corrected chi connectivity index (χ4v) is 2.35. The minimum atomic E-state index is -0.0618. The van der Waals surface area contributed by atoms with Crippen LogP contribution in [0.2, 0.25) is 0 Å². The van der Waals surface area contributed by atoms with Crippen LogP contribution in [0.5, 0.6) is 11.5 Å². The zero-order chi connectivity index (χ0) is 15.6. The Morgan fingerprint density at radius 1 is 0.905 bits per heavy atom. The van der Waals surface area contributed by atoms with Crippen molar-refractivity contribution in [3.8, 4) is 11.5 Å². The monoisotopic (exact) mass is 284 g/mol. The molecule has 21 heavy (non-hydrogen) atoms. The Hall–Kier alpha value is -2.29. The second kappa shape index (κ2) is 6.00. The molecule has 3 nitrogen and oxygen atoms in total. The van der Waals surface area contributed by atoms with Crippen LogP contribution in [0.15, 0.2) is 30.3 Å². The Morgan fingerprint density at radius 3 is 2.19 bits per heavy atom. The summed E-state index contributed by atoms with van der Waals surface area (Å²) in [4.78, 5) is 12.7. The first-order valence-corrected chi connectivity index (χ1v) is 6.83. The molecule has 0 aliphatic carbocycles. The Morgan fingerprint density at radius 2 is 1.57 bits per heavy atom. The van der Waals surface area contributed by atoms with Crippen molar-refractivity contribution in [2.45, 2.75) is 20.8 Å². The van der Waals surface area contributed by atoms with Gasteiger partial charge in [0.2, 0.25) is 0 Å². The molecule has 0 unspecified atom stereocenters. The van der Waals surface area contributed by atoms with Crippen LogP contribution in [0.1, 0.15) is 32.6 Å². The average Bonchev–Trinajstić information content (AvgIpc) is 2.49. The van der Waals surface area contributed by atoms with E-state index in [0.29, 0.717) is 22.6 Å². The molecule has 0 bridgehead atoms. The summed E-state index contributed by atoms with van der Waals surface area (Å²) in [5.74, 6) is 1.29. The number of rotatable bonds is 4. The molecule has 0 saturated heterocycles. The number of aryl methyl sites for hydroxylation is 2. The van der Waals surface area contributed by atoms with Crippen molar-refractivity contribution in [1.82, 2.24) is 0 Å². The quantitative estimate of drug-likeness (QED) is 0.800. The van der Waals surface area contributed by atoms with E-state index in [2.05, 4.69) is 0 Å². The van der Waals surface area contributed by atoms with Crippen LogP contribution in [-0.2, 0) is 0 Å². The van der Waals surface area contributed by atoms with Crippen LogP contribution in [0.4, 0.5) is 0 Å². The molecule has 110 valence electrons. The van der Waals surface area contributed by atoms with Crippen LogP contribution >= 0.6 is 0 Å². The minimum absolute atomic E-state index is 0.0618. The smallest absolute Gasteiger partial charge is 0.196 e. The van der Waals surface area contributed by atoms with E-state index in [0.717, 1.165) is 16.7 Å². The predicted octanol–water partition coefficient (Wildman–Crippen LogP) is 3.86. The Labute approximate surface area is 125 Å². The van der Waals surface area contributed by atoms with Crippen LogP contribution < -0.4 is 9.47 Å². The molecule has 0 saturated carbocycles. The van der Waals surface area contributed by atoms with Crippen molar-refractivity contribution in [3.05, 3.63) is 58.1 Å². The second-order valence-corrected chi connectivity index (χ2v) is 5.10. The van der Waals surface area contributed by atoms with Crippen molar-refractivity contribution in [2.75, 3.05) is 14.2 Å². The molecule has 0 aliphatic heterocycles. The van der Waals surface area contributed by atoms with Gasteiger partial charge in [-0.1, -0.05) is 18.2 Å². The number of benzene rings is 2. The van der Waals surface area contributed by atoms with Gasteiger partial charge in [-0.15, -0.1) is 0 Å². The van der Waals surface area contributed by atoms with Crippen molar-refractivity contribution in [1.29, 1.82) is 0 Å². The Kier molecular flexibility index (Phi) is 4.32. The zero-order valence-corrected chi connectivity index (χ0v) is 13.1. The maximum Gasteiger partial charge on any atom is 0.196 e.